The standard InChI is InChI=1S/C19H27NO2S/c1-18(2,3)13-9-12(7-8-16-20-15(21)11-23-16)10-14(17(13)22)19(4,5)6/h8-10,22H,7,11H2,1-6H3,(H,20,21). The molecule has 1 aromatic carbocycles. The largest absolute Gasteiger partial charge is 0.507 e. The van der Waals surface area contributed by atoms with Gasteiger partial charge in [-0.1, -0.05) is 65.4 Å². The van der Waals surface area contributed by atoms with Crippen LogP contribution in [0.5, 0.6) is 5.75 Å². The zero-order chi connectivity index (χ0) is 17.4. The molecule has 1 aliphatic heterocycles. The highest BCUT2D eigenvalue weighted by atomic mass is 32.2. The van der Waals surface area contributed by atoms with E-state index in [2.05, 4.69) is 65.1 Å². The van der Waals surface area contributed by atoms with E-state index in [1.807, 2.05) is 0 Å². The molecule has 1 aromatic rings. The van der Waals surface area contributed by atoms with Gasteiger partial charge >= 0.3 is 0 Å². The molecule has 2 rings (SSSR count). The van der Waals surface area contributed by atoms with Crippen molar-refractivity contribution in [3.8, 4) is 5.75 Å². The number of phenols is 1. The van der Waals surface area contributed by atoms with Crippen LogP contribution in [0.15, 0.2) is 23.2 Å². The molecule has 1 saturated heterocycles. The molecule has 0 bridgehead atoms. The van der Waals surface area contributed by atoms with Gasteiger partial charge in [0.25, 0.3) is 0 Å². The molecule has 1 heterocycles. The highest BCUT2D eigenvalue weighted by molar-refractivity contribution is 8.04. The normalized spacial score (nSPS) is 17.7. The van der Waals surface area contributed by atoms with Crippen LogP contribution in [0.4, 0.5) is 0 Å². The van der Waals surface area contributed by atoms with Gasteiger partial charge in [0.1, 0.15) is 5.75 Å². The number of rotatable bonds is 2. The third-order valence-corrected chi connectivity index (χ3v) is 4.92. The van der Waals surface area contributed by atoms with E-state index in [9.17, 15) is 9.90 Å². The second-order valence-corrected chi connectivity index (χ2v) is 9.17. The number of carbonyl (C=O) groups is 1. The maximum Gasteiger partial charge on any atom is 0.235 e. The number of phenolic OH excluding ortho intramolecular Hbond substituents is 1. The van der Waals surface area contributed by atoms with Crippen molar-refractivity contribution in [2.45, 2.75) is 58.8 Å². The molecule has 126 valence electrons. The van der Waals surface area contributed by atoms with Crippen LogP contribution in [-0.2, 0) is 22.0 Å². The molecule has 4 heteroatoms. The molecule has 3 nitrogen and oxygen atoms in total. The van der Waals surface area contributed by atoms with Crippen LogP contribution in [-0.4, -0.2) is 16.8 Å². The fourth-order valence-corrected chi connectivity index (χ4v) is 3.37. The van der Waals surface area contributed by atoms with Crippen LogP contribution in [0, 0.1) is 0 Å². The Morgan fingerprint density at radius 3 is 2.04 bits per heavy atom. The third kappa shape index (κ3) is 4.31. The summed E-state index contributed by atoms with van der Waals surface area (Å²) in [5.41, 5.74) is 2.86. The first-order valence-electron chi connectivity index (χ1n) is 7.98. The van der Waals surface area contributed by atoms with E-state index in [1.165, 1.54) is 0 Å². The summed E-state index contributed by atoms with van der Waals surface area (Å²) in [6.45, 7) is 12.7. The number of hydrogen-bond donors (Lipinski definition) is 2. The van der Waals surface area contributed by atoms with E-state index < -0.39 is 0 Å². The van der Waals surface area contributed by atoms with Crippen molar-refractivity contribution in [1.29, 1.82) is 0 Å². The molecule has 2 N–H and O–H groups in total. The number of benzene rings is 1. The Bertz CT molecular complexity index is 613. The van der Waals surface area contributed by atoms with Crippen molar-refractivity contribution < 1.29 is 9.90 Å². The van der Waals surface area contributed by atoms with Crippen LogP contribution >= 0.6 is 11.8 Å². The van der Waals surface area contributed by atoms with Crippen molar-refractivity contribution in [2.24, 2.45) is 0 Å². The second kappa shape index (κ2) is 6.23. The van der Waals surface area contributed by atoms with E-state index in [0.29, 0.717) is 11.5 Å². The highest BCUT2D eigenvalue weighted by Crippen LogP contribution is 2.40. The number of allylic oxidation sites excluding steroid dienone is 1. The average Bonchev–Trinajstić information content (AvgIpc) is 2.80. The summed E-state index contributed by atoms with van der Waals surface area (Å²) >= 11 is 1.54. The average molecular weight is 333 g/mol. The predicted molar refractivity (Wildman–Crippen MR) is 97.9 cm³/mol. The first-order valence-corrected chi connectivity index (χ1v) is 8.96. The van der Waals surface area contributed by atoms with Crippen molar-refractivity contribution >= 4 is 17.7 Å². The van der Waals surface area contributed by atoms with Crippen molar-refractivity contribution in [2.75, 3.05) is 5.75 Å². The Labute approximate surface area is 143 Å². The van der Waals surface area contributed by atoms with Crippen LogP contribution in [0.2, 0.25) is 0 Å². The first-order chi connectivity index (χ1) is 10.5. The molecule has 1 aliphatic rings. The Kier molecular flexibility index (Phi) is 4.86. The lowest BCUT2D eigenvalue weighted by molar-refractivity contribution is -0.117. The quantitative estimate of drug-likeness (QED) is 0.851. The lowest BCUT2D eigenvalue weighted by Crippen LogP contribution is -2.18. The Hall–Kier alpha value is -1.42. The molecule has 1 fully saturated rings. The van der Waals surface area contributed by atoms with Gasteiger partial charge in [0.2, 0.25) is 5.91 Å². The van der Waals surface area contributed by atoms with Crippen LogP contribution in [0.3, 0.4) is 0 Å². The van der Waals surface area contributed by atoms with Gasteiger partial charge < -0.3 is 10.4 Å². The van der Waals surface area contributed by atoms with Gasteiger partial charge in [-0.15, -0.1) is 0 Å². The molecule has 0 unspecified atom stereocenters. The lowest BCUT2D eigenvalue weighted by atomic mass is 9.78. The van der Waals surface area contributed by atoms with Gasteiger partial charge in [-0.2, -0.15) is 0 Å². The summed E-state index contributed by atoms with van der Waals surface area (Å²) < 4.78 is 0. The Morgan fingerprint density at radius 1 is 1.13 bits per heavy atom. The van der Waals surface area contributed by atoms with Gasteiger partial charge in [0, 0.05) is 0 Å². The summed E-state index contributed by atoms with van der Waals surface area (Å²) in [7, 11) is 0. The lowest BCUT2D eigenvalue weighted by Gasteiger charge is -2.28. The number of carbonyl (C=O) groups excluding carboxylic acids is 1. The minimum atomic E-state index is -0.121. The number of amides is 1. The van der Waals surface area contributed by atoms with Crippen LogP contribution in [0.25, 0.3) is 0 Å². The van der Waals surface area contributed by atoms with Crippen LogP contribution in [0.1, 0.15) is 58.2 Å². The summed E-state index contributed by atoms with van der Waals surface area (Å²) in [6, 6.07) is 4.17. The summed E-state index contributed by atoms with van der Waals surface area (Å²) in [6.07, 6.45) is 2.80. The maximum absolute atomic E-state index is 11.3. The van der Waals surface area contributed by atoms with Gasteiger partial charge in [0.05, 0.1) is 10.8 Å². The zero-order valence-electron chi connectivity index (χ0n) is 14.9. The van der Waals surface area contributed by atoms with E-state index in [4.69, 9.17) is 0 Å². The zero-order valence-corrected chi connectivity index (χ0v) is 15.7. The molecular formula is C19H27NO2S. The summed E-state index contributed by atoms with van der Waals surface area (Å²) in [5, 5.41) is 14.5. The number of hydrogen-bond acceptors (Lipinski definition) is 3. The smallest absolute Gasteiger partial charge is 0.235 e. The molecule has 0 aromatic heterocycles. The second-order valence-electron chi connectivity index (χ2n) is 8.15. The van der Waals surface area contributed by atoms with Gasteiger partial charge in [-0.05, 0) is 40.0 Å². The molecular weight excluding hydrogens is 306 g/mol. The third-order valence-electron chi connectivity index (χ3n) is 3.93. The number of nitrogens with one attached hydrogen (secondary N) is 1. The number of thioether (sulfide) groups is 1. The van der Waals surface area contributed by atoms with E-state index in [-0.39, 0.29) is 16.7 Å². The molecule has 0 spiro atoms. The topological polar surface area (TPSA) is 49.3 Å². The van der Waals surface area contributed by atoms with Gasteiger partial charge in [-0.25, -0.2) is 0 Å². The first kappa shape index (κ1) is 17.9. The SMILES string of the molecule is CC(C)(C)c1cc(CC=C2NC(=O)CS2)cc(C(C)(C)C)c1O. The van der Waals surface area contributed by atoms with Gasteiger partial charge in [-0.3, -0.25) is 4.79 Å². The minimum absolute atomic E-state index is 0.0673. The molecule has 0 atom stereocenters. The fourth-order valence-electron chi connectivity index (χ4n) is 2.63. The van der Waals surface area contributed by atoms with E-state index in [1.54, 1.807) is 11.8 Å². The van der Waals surface area contributed by atoms with Crippen LogP contribution < -0.4 is 5.32 Å². The highest BCUT2D eigenvalue weighted by Gasteiger charge is 2.26. The molecule has 1 amide bonds. The maximum atomic E-state index is 11.3. The Balaban J connectivity index is 2.42. The molecule has 0 aliphatic carbocycles. The van der Waals surface area contributed by atoms with E-state index >= 15 is 0 Å². The molecule has 0 saturated carbocycles. The predicted octanol–water partition coefficient (Wildman–Crippen LogP) is 4.23. The van der Waals surface area contributed by atoms with E-state index in [0.717, 1.165) is 28.1 Å². The monoisotopic (exact) mass is 333 g/mol. The molecule has 23 heavy (non-hydrogen) atoms. The number of aromatic hydroxyl groups is 1. The van der Waals surface area contributed by atoms with Crippen molar-refractivity contribution in [1.82, 2.24) is 5.32 Å². The molecule has 0 radical (unpaired) electrons. The fraction of sp³-hybridized carbons (Fsp3) is 0.526. The van der Waals surface area contributed by atoms with Crippen molar-refractivity contribution in [3.63, 3.8) is 0 Å². The summed E-state index contributed by atoms with van der Waals surface area (Å²) in [4.78, 5) is 11.3. The van der Waals surface area contributed by atoms with Crippen molar-refractivity contribution in [3.05, 3.63) is 39.9 Å². The Morgan fingerprint density at radius 2 is 1.65 bits per heavy atom. The van der Waals surface area contributed by atoms with Gasteiger partial charge in [0.15, 0.2) is 0 Å². The summed E-state index contributed by atoms with van der Waals surface area (Å²) in [5.74, 6) is 0.977. The minimum Gasteiger partial charge on any atom is -0.507 e.